The van der Waals surface area contributed by atoms with Crippen molar-refractivity contribution in [1.82, 2.24) is 10.6 Å². The van der Waals surface area contributed by atoms with E-state index < -0.39 is 12.6 Å². The number of aliphatic carboxylic acids is 1. The number of hydrogen-bond donors (Lipinski definition) is 4. The first-order chi connectivity index (χ1) is 13.0. The van der Waals surface area contributed by atoms with Crippen molar-refractivity contribution in [1.29, 1.82) is 0 Å². The highest BCUT2D eigenvalue weighted by Crippen LogP contribution is 2.17. The molecule has 0 bridgehead atoms. The molecule has 0 heterocycles. The Bertz CT molecular complexity index is 627. The zero-order valence-corrected chi connectivity index (χ0v) is 15.3. The predicted molar refractivity (Wildman–Crippen MR) is 101 cm³/mol. The second-order valence-corrected chi connectivity index (χ2v) is 6.59. The SMILES string of the molecule is O=C(O)COc1ccc(NC(=O)CCCNC(=O)NC2CCCCC2)cc1. The summed E-state index contributed by atoms with van der Waals surface area (Å²) < 4.78 is 5.03. The van der Waals surface area contributed by atoms with Gasteiger partial charge in [-0.05, 0) is 43.5 Å². The van der Waals surface area contributed by atoms with E-state index in [9.17, 15) is 14.4 Å². The zero-order chi connectivity index (χ0) is 19.5. The molecule has 1 fully saturated rings. The van der Waals surface area contributed by atoms with Crippen molar-refractivity contribution in [3.63, 3.8) is 0 Å². The number of anilines is 1. The molecule has 1 aromatic rings. The van der Waals surface area contributed by atoms with E-state index in [1.807, 2.05) is 0 Å². The summed E-state index contributed by atoms with van der Waals surface area (Å²) >= 11 is 0. The molecule has 1 aliphatic rings. The number of carbonyl (C=O) groups excluding carboxylic acids is 2. The maximum absolute atomic E-state index is 11.9. The van der Waals surface area contributed by atoms with Gasteiger partial charge in [-0.2, -0.15) is 0 Å². The summed E-state index contributed by atoms with van der Waals surface area (Å²) in [4.78, 5) is 34.2. The van der Waals surface area contributed by atoms with Crippen LogP contribution in [0.25, 0.3) is 0 Å². The van der Waals surface area contributed by atoms with Gasteiger partial charge in [0.15, 0.2) is 6.61 Å². The molecule has 0 spiro atoms. The number of rotatable bonds is 9. The molecule has 2 rings (SSSR count). The first kappa shape index (κ1) is 20.5. The van der Waals surface area contributed by atoms with Crippen molar-refractivity contribution >= 4 is 23.6 Å². The van der Waals surface area contributed by atoms with E-state index in [0.717, 1.165) is 25.7 Å². The van der Waals surface area contributed by atoms with E-state index in [1.165, 1.54) is 6.42 Å². The lowest BCUT2D eigenvalue weighted by molar-refractivity contribution is -0.139. The summed E-state index contributed by atoms with van der Waals surface area (Å²) in [6, 6.07) is 6.57. The van der Waals surface area contributed by atoms with Crippen molar-refractivity contribution in [3.05, 3.63) is 24.3 Å². The predicted octanol–water partition coefficient (Wildman–Crippen LogP) is 2.50. The third kappa shape index (κ3) is 8.44. The van der Waals surface area contributed by atoms with Crippen LogP contribution in [0, 0.1) is 0 Å². The van der Waals surface area contributed by atoms with Crippen LogP contribution in [0.15, 0.2) is 24.3 Å². The Balaban J connectivity index is 1.58. The molecule has 148 valence electrons. The second-order valence-electron chi connectivity index (χ2n) is 6.59. The fourth-order valence-corrected chi connectivity index (χ4v) is 2.94. The van der Waals surface area contributed by atoms with Gasteiger partial charge in [0.05, 0.1) is 0 Å². The van der Waals surface area contributed by atoms with E-state index in [1.54, 1.807) is 24.3 Å². The maximum atomic E-state index is 11.9. The smallest absolute Gasteiger partial charge is 0.341 e. The highest BCUT2D eigenvalue weighted by Gasteiger charge is 2.15. The van der Waals surface area contributed by atoms with Crippen LogP contribution in [0.3, 0.4) is 0 Å². The van der Waals surface area contributed by atoms with E-state index in [2.05, 4.69) is 16.0 Å². The van der Waals surface area contributed by atoms with Crippen LogP contribution in [0.1, 0.15) is 44.9 Å². The van der Waals surface area contributed by atoms with Crippen LogP contribution in [-0.4, -0.2) is 42.2 Å². The van der Waals surface area contributed by atoms with Gasteiger partial charge in [0.2, 0.25) is 5.91 Å². The van der Waals surface area contributed by atoms with Gasteiger partial charge < -0.3 is 25.8 Å². The highest BCUT2D eigenvalue weighted by atomic mass is 16.5. The summed E-state index contributed by atoms with van der Waals surface area (Å²) in [5, 5.41) is 17.1. The molecule has 0 unspecified atom stereocenters. The minimum atomic E-state index is -1.05. The molecule has 27 heavy (non-hydrogen) atoms. The monoisotopic (exact) mass is 377 g/mol. The van der Waals surface area contributed by atoms with Gasteiger partial charge in [-0.1, -0.05) is 19.3 Å². The number of hydrogen-bond acceptors (Lipinski definition) is 4. The van der Waals surface area contributed by atoms with E-state index in [4.69, 9.17) is 9.84 Å². The van der Waals surface area contributed by atoms with E-state index in [0.29, 0.717) is 30.8 Å². The van der Waals surface area contributed by atoms with E-state index >= 15 is 0 Å². The Labute approximate surface area is 158 Å². The average Bonchev–Trinajstić information content (AvgIpc) is 2.65. The largest absolute Gasteiger partial charge is 0.482 e. The molecule has 8 nitrogen and oxygen atoms in total. The number of amides is 3. The minimum Gasteiger partial charge on any atom is -0.482 e. The highest BCUT2D eigenvalue weighted by molar-refractivity contribution is 5.90. The quantitative estimate of drug-likeness (QED) is 0.493. The molecule has 1 aromatic carbocycles. The van der Waals surface area contributed by atoms with Gasteiger partial charge >= 0.3 is 12.0 Å². The average molecular weight is 377 g/mol. The molecular weight excluding hydrogens is 350 g/mol. The Morgan fingerprint density at radius 2 is 1.78 bits per heavy atom. The molecule has 4 N–H and O–H groups in total. The third-order valence-corrected chi connectivity index (χ3v) is 4.31. The Morgan fingerprint density at radius 3 is 2.44 bits per heavy atom. The standard InChI is InChI=1S/C19H27N3O5/c23-17(21-15-8-10-16(11-9-15)27-13-18(24)25)7-4-12-20-19(26)22-14-5-2-1-3-6-14/h8-11,14H,1-7,12-13H2,(H,21,23)(H,24,25)(H2,20,22,26). The van der Waals surface area contributed by atoms with Gasteiger partial charge in [-0.15, -0.1) is 0 Å². The van der Waals surface area contributed by atoms with Gasteiger partial charge in [-0.3, -0.25) is 4.79 Å². The Hall–Kier alpha value is -2.77. The molecule has 3 amide bonds. The number of carbonyl (C=O) groups is 3. The number of ether oxygens (including phenoxy) is 1. The molecule has 0 saturated heterocycles. The summed E-state index contributed by atoms with van der Waals surface area (Å²) in [6.45, 7) is 0.0287. The molecule has 0 aliphatic heterocycles. The van der Waals surface area contributed by atoms with Crippen LogP contribution in [0.5, 0.6) is 5.75 Å². The summed E-state index contributed by atoms with van der Waals surface area (Å²) in [6.07, 6.45) is 6.49. The van der Waals surface area contributed by atoms with Crippen molar-refractivity contribution in [2.24, 2.45) is 0 Å². The third-order valence-electron chi connectivity index (χ3n) is 4.31. The fourth-order valence-electron chi connectivity index (χ4n) is 2.94. The first-order valence-corrected chi connectivity index (χ1v) is 9.32. The summed E-state index contributed by atoms with van der Waals surface area (Å²) in [5.41, 5.74) is 0.602. The lowest BCUT2D eigenvalue weighted by Gasteiger charge is -2.22. The zero-order valence-electron chi connectivity index (χ0n) is 15.3. The first-order valence-electron chi connectivity index (χ1n) is 9.32. The molecule has 8 heteroatoms. The molecule has 1 aliphatic carbocycles. The molecule has 0 aromatic heterocycles. The normalized spacial score (nSPS) is 14.2. The topological polar surface area (TPSA) is 117 Å². The van der Waals surface area contributed by atoms with Crippen LogP contribution in [0.2, 0.25) is 0 Å². The summed E-state index contributed by atoms with van der Waals surface area (Å²) in [7, 11) is 0. The number of nitrogens with one attached hydrogen (secondary N) is 3. The van der Waals surface area contributed by atoms with Crippen molar-refractivity contribution < 1.29 is 24.2 Å². The Morgan fingerprint density at radius 1 is 1.07 bits per heavy atom. The van der Waals surface area contributed by atoms with Crippen molar-refractivity contribution in [2.75, 3.05) is 18.5 Å². The number of benzene rings is 1. The van der Waals surface area contributed by atoms with Gasteiger partial charge in [-0.25, -0.2) is 9.59 Å². The second kappa shape index (κ2) is 11.1. The summed E-state index contributed by atoms with van der Waals surface area (Å²) in [5.74, 6) is -0.777. The molecular formula is C19H27N3O5. The van der Waals surface area contributed by atoms with Crippen molar-refractivity contribution in [2.45, 2.75) is 51.0 Å². The fraction of sp³-hybridized carbons (Fsp3) is 0.526. The van der Waals surface area contributed by atoms with Crippen LogP contribution < -0.4 is 20.7 Å². The van der Waals surface area contributed by atoms with Crippen LogP contribution >= 0.6 is 0 Å². The maximum Gasteiger partial charge on any atom is 0.341 e. The lowest BCUT2D eigenvalue weighted by Crippen LogP contribution is -2.43. The number of carboxylic acid groups (broad SMARTS) is 1. The van der Waals surface area contributed by atoms with Gasteiger partial charge in [0.1, 0.15) is 5.75 Å². The molecule has 0 atom stereocenters. The number of carboxylic acids is 1. The van der Waals surface area contributed by atoms with Crippen LogP contribution in [0.4, 0.5) is 10.5 Å². The lowest BCUT2D eigenvalue weighted by atomic mass is 9.96. The van der Waals surface area contributed by atoms with Gasteiger partial charge in [0.25, 0.3) is 0 Å². The van der Waals surface area contributed by atoms with Crippen LogP contribution in [-0.2, 0) is 9.59 Å². The van der Waals surface area contributed by atoms with Gasteiger partial charge in [0, 0.05) is 24.7 Å². The van der Waals surface area contributed by atoms with E-state index in [-0.39, 0.29) is 18.0 Å². The molecule has 1 saturated carbocycles. The van der Waals surface area contributed by atoms with Crippen molar-refractivity contribution in [3.8, 4) is 5.75 Å². The molecule has 0 radical (unpaired) electrons. The number of urea groups is 1. The Kier molecular flexibility index (Phi) is 8.41. The minimum absolute atomic E-state index is 0.149.